The molecule has 0 radical (unpaired) electrons. The largest absolute Gasteiger partial charge is 0.457 e. The highest BCUT2D eigenvalue weighted by molar-refractivity contribution is 6.37. The Kier molecular flexibility index (Phi) is 5.80. The summed E-state index contributed by atoms with van der Waals surface area (Å²) in [7, 11) is 0. The van der Waals surface area contributed by atoms with Crippen LogP contribution in [0.5, 0.6) is 0 Å². The Labute approximate surface area is 172 Å². The number of nitrogens with zero attached hydrogens (tertiary/aromatic N) is 3. The fourth-order valence-electron chi connectivity index (χ4n) is 5.64. The summed E-state index contributed by atoms with van der Waals surface area (Å²) in [4.78, 5) is 30.3. The molecule has 1 saturated heterocycles. The summed E-state index contributed by atoms with van der Waals surface area (Å²) < 4.78 is 10.7. The molecule has 0 aromatic heterocycles. The van der Waals surface area contributed by atoms with Crippen molar-refractivity contribution in [2.24, 2.45) is 23.7 Å². The van der Waals surface area contributed by atoms with Gasteiger partial charge < -0.3 is 25.0 Å². The summed E-state index contributed by atoms with van der Waals surface area (Å²) in [6.07, 6.45) is 2.43. The maximum absolute atomic E-state index is 13.0. The molecule has 1 aliphatic heterocycles. The Morgan fingerprint density at radius 2 is 1.97 bits per heavy atom. The maximum atomic E-state index is 13.0. The number of esters is 1. The molecule has 0 aromatic rings. The molecule has 1 N–H and O–H groups in total. The molecular weight excluding hydrogens is 374 g/mol. The van der Waals surface area contributed by atoms with Crippen molar-refractivity contribution in [3.8, 4) is 0 Å². The number of aliphatic hydroxyl groups is 1. The van der Waals surface area contributed by atoms with Gasteiger partial charge in [0.05, 0.1) is 6.61 Å². The smallest absolute Gasteiger partial charge is 0.420 e. The zero-order valence-corrected chi connectivity index (χ0v) is 18.1. The van der Waals surface area contributed by atoms with Crippen LogP contribution < -0.4 is 0 Å². The van der Waals surface area contributed by atoms with E-state index in [1.165, 1.54) is 0 Å². The average Bonchev–Trinajstić information content (AvgIpc) is 2.59. The van der Waals surface area contributed by atoms with Crippen molar-refractivity contribution in [3.05, 3.63) is 5.53 Å². The van der Waals surface area contributed by atoms with Crippen LogP contribution in [-0.4, -0.2) is 63.0 Å². The summed E-state index contributed by atoms with van der Waals surface area (Å²) in [5, 5.41) is 11.6. The van der Waals surface area contributed by atoms with Crippen molar-refractivity contribution < 1.29 is 29.0 Å². The number of fused-ring (bicyclic) bond motifs is 1. The lowest BCUT2D eigenvalue weighted by Gasteiger charge is -2.57. The Bertz CT molecular complexity index is 726. The zero-order chi connectivity index (χ0) is 21.6. The van der Waals surface area contributed by atoms with E-state index >= 15 is 0 Å². The molecule has 3 aliphatic rings. The van der Waals surface area contributed by atoms with Crippen molar-refractivity contribution in [2.45, 2.75) is 77.5 Å². The first-order valence-electron chi connectivity index (χ1n) is 10.6. The fourth-order valence-corrected chi connectivity index (χ4v) is 5.64. The van der Waals surface area contributed by atoms with E-state index < -0.39 is 29.2 Å². The van der Waals surface area contributed by atoms with Crippen molar-refractivity contribution in [3.63, 3.8) is 0 Å². The van der Waals surface area contributed by atoms with Crippen molar-refractivity contribution >= 4 is 17.8 Å². The molecule has 2 aliphatic carbocycles. The van der Waals surface area contributed by atoms with Gasteiger partial charge in [-0.25, -0.2) is 9.59 Å². The second-order valence-electron chi connectivity index (χ2n) is 9.93. The minimum absolute atomic E-state index is 0.0662. The van der Waals surface area contributed by atoms with Gasteiger partial charge in [-0.2, -0.15) is 4.79 Å². The maximum Gasteiger partial charge on any atom is 0.420 e. The molecule has 1 heterocycles. The first-order chi connectivity index (χ1) is 13.5. The second-order valence-corrected chi connectivity index (χ2v) is 9.93. The monoisotopic (exact) mass is 407 g/mol. The number of ether oxygens (including phenoxy) is 2. The lowest BCUT2D eigenvalue weighted by atomic mass is 9.55. The number of piperidine rings is 1. The minimum atomic E-state index is -1.63. The molecule has 29 heavy (non-hydrogen) atoms. The van der Waals surface area contributed by atoms with E-state index in [9.17, 15) is 20.2 Å². The lowest BCUT2D eigenvalue weighted by molar-refractivity contribution is -0.158. The summed E-state index contributed by atoms with van der Waals surface area (Å²) in [5.74, 6) is -0.495. The molecular formula is C21H33N3O5. The van der Waals surface area contributed by atoms with Gasteiger partial charge in [-0.3, -0.25) is 0 Å². The van der Waals surface area contributed by atoms with Crippen LogP contribution in [0.25, 0.3) is 5.53 Å². The topological polar surface area (TPSA) is 112 Å². The highest BCUT2D eigenvalue weighted by Crippen LogP contribution is 2.53. The third kappa shape index (κ3) is 4.05. The number of amides is 1. The molecule has 1 amide bonds. The Balaban J connectivity index is 1.97. The normalized spacial score (nSPS) is 36.1. The van der Waals surface area contributed by atoms with E-state index in [0.29, 0.717) is 18.8 Å². The summed E-state index contributed by atoms with van der Waals surface area (Å²) >= 11 is 0. The van der Waals surface area contributed by atoms with Crippen molar-refractivity contribution in [1.29, 1.82) is 0 Å². The number of carbonyl (C=O) groups is 2. The van der Waals surface area contributed by atoms with Crippen LogP contribution in [0, 0.1) is 23.7 Å². The molecule has 6 unspecified atom stereocenters. The van der Waals surface area contributed by atoms with E-state index in [4.69, 9.17) is 9.47 Å². The first-order valence-corrected chi connectivity index (χ1v) is 10.6. The van der Waals surface area contributed by atoms with E-state index in [0.717, 1.165) is 12.8 Å². The quantitative estimate of drug-likeness (QED) is 0.334. The third-order valence-corrected chi connectivity index (χ3v) is 6.68. The molecule has 8 heteroatoms. The van der Waals surface area contributed by atoms with Crippen molar-refractivity contribution in [2.75, 3.05) is 13.2 Å². The molecule has 2 bridgehead atoms. The predicted octanol–water partition coefficient (Wildman–Crippen LogP) is 2.64. The number of hydrogen-bond acceptors (Lipinski definition) is 5. The number of carbonyl (C=O) groups excluding carboxylic acids is 2. The number of likely N-dealkylation sites (tertiary alicyclic amines) is 1. The highest BCUT2D eigenvalue weighted by atomic mass is 16.6. The SMILES string of the molecule is CCOC(=O)C(=[N+]=[N-])C1(O)CC2CC(C)CC3C2CC1CN3C(=O)OC(C)(C)C. The van der Waals surface area contributed by atoms with Gasteiger partial charge in [0, 0.05) is 18.5 Å². The third-order valence-electron chi connectivity index (χ3n) is 6.68. The van der Waals surface area contributed by atoms with Crippen LogP contribution in [0.1, 0.15) is 60.3 Å². The molecule has 0 aromatic carbocycles. The second kappa shape index (κ2) is 7.73. The van der Waals surface area contributed by atoms with E-state index in [1.807, 2.05) is 20.8 Å². The van der Waals surface area contributed by atoms with Gasteiger partial charge in [0.25, 0.3) is 0 Å². The average molecular weight is 408 g/mol. The standard InChI is InChI=1S/C21H33N3O5/c1-6-28-18(25)17(23-22)21(27)10-13-7-12(2)8-16-15(13)9-14(21)11-24(16)19(26)29-20(3,4)5/h12-16,27H,6-11H2,1-5H3. The molecule has 2 saturated carbocycles. The minimum Gasteiger partial charge on any atom is -0.457 e. The molecule has 3 rings (SSSR count). The van der Waals surface area contributed by atoms with Crippen LogP contribution in [-0.2, 0) is 14.3 Å². The van der Waals surface area contributed by atoms with E-state index in [-0.39, 0.29) is 36.7 Å². The molecule has 6 atom stereocenters. The Morgan fingerprint density at radius 3 is 2.55 bits per heavy atom. The van der Waals surface area contributed by atoms with E-state index in [1.54, 1.807) is 11.8 Å². The van der Waals surface area contributed by atoms with Gasteiger partial charge in [0.15, 0.2) is 5.60 Å². The van der Waals surface area contributed by atoms with Crippen LogP contribution >= 0.6 is 0 Å². The predicted molar refractivity (Wildman–Crippen MR) is 105 cm³/mol. The van der Waals surface area contributed by atoms with Crippen LogP contribution in [0.15, 0.2) is 0 Å². The van der Waals surface area contributed by atoms with Gasteiger partial charge in [-0.05, 0) is 71.1 Å². The van der Waals surface area contributed by atoms with Gasteiger partial charge in [0.1, 0.15) is 5.60 Å². The Hall–Kier alpha value is -1.92. The Morgan fingerprint density at radius 1 is 1.28 bits per heavy atom. The summed E-state index contributed by atoms with van der Waals surface area (Å²) in [6.45, 7) is 9.67. The molecule has 0 spiro atoms. The van der Waals surface area contributed by atoms with E-state index in [2.05, 4.69) is 11.7 Å². The van der Waals surface area contributed by atoms with Gasteiger partial charge in [-0.1, -0.05) is 6.92 Å². The van der Waals surface area contributed by atoms with Gasteiger partial charge in [0.2, 0.25) is 0 Å². The van der Waals surface area contributed by atoms with Gasteiger partial charge >= 0.3 is 17.8 Å². The zero-order valence-electron chi connectivity index (χ0n) is 18.1. The summed E-state index contributed by atoms with van der Waals surface area (Å²) in [6, 6.07) is 0.0662. The van der Waals surface area contributed by atoms with Crippen molar-refractivity contribution in [1.82, 2.24) is 4.90 Å². The lowest BCUT2D eigenvalue weighted by Crippen LogP contribution is -2.67. The number of rotatable bonds is 3. The summed E-state index contributed by atoms with van der Waals surface area (Å²) in [5.41, 5.74) is 6.95. The van der Waals surface area contributed by atoms with Crippen LogP contribution in [0.3, 0.4) is 0 Å². The van der Waals surface area contributed by atoms with Crippen LogP contribution in [0.4, 0.5) is 4.79 Å². The molecule has 3 fully saturated rings. The van der Waals surface area contributed by atoms with Gasteiger partial charge in [-0.15, -0.1) is 0 Å². The molecule has 162 valence electrons. The molecule has 8 nitrogen and oxygen atoms in total. The fraction of sp³-hybridized carbons (Fsp3) is 0.857. The number of hydrogen-bond donors (Lipinski definition) is 1. The first kappa shape index (κ1) is 21.8. The van der Waals surface area contributed by atoms with Crippen LogP contribution in [0.2, 0.25) is 0 Å². The highest BCUT2D eigenvalue weighted by Gasteiger charge is 2.62.